The Bertz CT molecular complexity index is 319. The Kier molecular flexibility index (Phi) is 8.22. The minimum atomic E-state index is -1.93. The van der Waals surface area contributed by atoms with Gasteiger partial charge in [0.1, 0.15) is 31.0 Å². The highest BCUT2D eigenvalue weighted by molar-refractivity contribution is 5.80. The molecule has 0 amide bonds. The second-order valence-electron chi connectivity index (χ2n) is 4.04. The number of aliphatic hydroxyl groups excluding tert-OH is 6. The summed E-state index contributed by atoms with van der Waals surface area (Å²) in [6.45, 7) is -1.70. The lowest BCUT2D eigenvalue weighted by atomic mass is 10.0. The van der Waals surface area contributed by atoms with E-state index in [4.69, 9.17) is 20.4 Å². The highest BCUT2D eigenvalue weighted by Crippen LogP contribution is 2.06. The SMILES string of the molecule is O=C(O)CC(O)C(=O)OCC(O)C(O)C(O)C(O)CO. The van der Waals surface area contributed by atoms with Crippen LogP contribution in [-0.4, -0.2) is 91.4 Å². The monoisotopic (exact) mass is 298 g/mol. The first-order valence-electron chi connectivity index (χ1n) is 5.60. The molecule has 7 N–H and O–H groups in total. The molecule has 0 aliphatic carbocycles. The van der Waals surface area contributed by atoms with Crippen LogP contribution in [0.25, 0.3) is 0 Å². The normalized spacial score (nSPS) is 18.7. The number of esters is 1. The Hall–Kier alpha value is -1.30. The zero-order valence-corrected chi connectivity index (χ0v) is 10.4. The number of carboxylic acid groups (broad SMARTS) is 1. The molecular formula is C10H18O10. The maximum absolute atomic E-state index is 11.1. The van der Waals surface area contributed by atoms with Crippen LogP contribution in [0, 0.1) is 0 Å². The van der Waals surface area contributed by atoms with Gasteiger partial charge in [0.25, 0.3) is 0 Å². The van der Waals surface area contributed by atoms with E-state index in [0.717, 1.165) is 0 Å². The molecular weight excluding hydrogens is 280 g/mol. The number of aliphatic hydroxyl groups is 6. The highest BCUT2D eigenvalue weighted by atomic mass is 16.6. The number of carbonyl (C=O) groups is 2. The number of carboxylic acids is 1. The summed E-state index contributed by atoms with van der Waals surface area (Å²) in [5.74, 6) is -2.76. The molecule has 0 aromatic heterocycles. The second-order valence-corrected chi connectivity index (χ2v) is 4.04. The van der Waals surface area contributed by atoms with Crippen LogP contribution in [-0.2, 0) is 14.3 Å². The standard InChI is InChI=1S/C10H18O10/c11-2-5(13)8(17)9(18)6(14)3-20-10(19)4(12)1-7(15)16/h4-6,8-9,11-14,17-18H,1-3H2,(H,15,16). The van der Waals surface area contributed by atoms with Crippen molar-refractivity contribution < 1.29 is 50.1 Å². The molecule has 0 fully saturated rings. The maximum Gasteiger partial charge on any atom is 0.335 e. The summed E-state index contributed by atoms with van der Waals surface area (Å²) in [6.07, 6.45) is -10.1. The third-order valence-electron chi connectivity index (χ3n) is 2.36. The predicted molar refractivity (Wildman–Crippen MR) is 60.3 cm³/mol. The van der Waals surface area contributed by atoms with Crippen molar-refractivity contribution in [2.24, 2.45) is 0 Å². The largest absolute Gasteiger partial charge is 0.481 e. The fraction of sp³-hybridized carbons (Fsp3) is 0.800. The molecule has 5 unspecified atom stereocenters. The molecule has 10 heteroatoms. The minimum absolute atomic E-state index is 0.841. The first-order valence-corrected chi connectivity index (χ1v) is 5.60. The summed E-state index contributed by atoms with van der Waals surface area (Å²) in [5.41, 5.74) is 0. The molecule has 0 saturated carbocycles. The average Bonchev–Trinajstić information content (AvgIpc) is 2.40. The molecule has 0 saturated heterocycles. The van der Waals surface area contributed by atoms with E-state index in [2.05, 4.69) is 4.74 Å². The molecule has 10 nitrogen and oxygen atoms in total. The summed E-state index contributed by atoms with van der Waals surface area (Å²) in [4.78, 5) is 21.3. The molecule has 0 aromatic rings. The first-order chi connectivity index (χ1) is 9.20. The summed E-state index contributed by atoms with van der Waals surface area (Å²) in [7, 11) is 0. The van der Waals surface area contributed by atoms with E-state index in [1.54, 1.807) is 0 Å². The summed E-state index contributed by atoms with van der Waals surface area (Å²) < 4.78 is 4.33. The average molecular weight is 298 g/mol. The molecule has 5 atom stereocenters. The predicted octanol–water partition coefficient (Wildman–Crippen LogP) is -4.20. The van der Waals surface area contributed by atoms with Crippen LogP contribution in [0.1, 0.15) is 6.42 Å². The van der Waals surface area contributed by atoms with Gasteiger partial charge in [-0.15, -0.1) is 0 Å². The van der Waals surface area contributed by atoms with Gasteiger partial charge in [-0.25, -0.2) is 4.79 Å². The maximum atomic E-state index is 11.1. The van der Waals surface area contributed by atoms with Crippen LogP contribution in [0.4, 0.5) is 0 Å². The quantitative estimate of drug-likeness (QED) is 0.206. The fourth-order valence-corrected chi connectivity index (χ4v) is 1.17. The first kappa shape index (κ1) is 18.7. The number of ether oxygens (including phenoxy) is 1. The number of aliphatic carboxylic acids is 1. The Morgan fingerprint density at radius 2 is 1.45 bits per heavy atom. The highest BCUT2D eigenvalue weighted by Gasteiger charge is 2.31. The molecule has 0 heterocycles. The van der Waals surface area contributed by atoms with Gasteiger partial charge in [0.05, 0.1) is 13.0 Å². The second kappa shape index (κ2) is 8.79. The number of hydrogen-bond acceptors (Lipinski definition) is 9. The minimum Gasteiger partial charge on any atom is -0.481 e. The van der Waals surface area contributed by atoms with Gasteiger partial charge in [0.2, 0.25) is 0 Å². The smallest absolute Gasteiger partial charge is 0.335 e. The topological polar surface area (TPSA) is 185 Å². The van der Waals surface area contributed by atoms with Crippen LogP contribution in [0.2, 0.25) is 0 Å². The molecule has 0 radical (unpaired) electrons. The molecule has 0 aromatic carbocycles. The molecule has 0 spiro atoms. The van der Waals surface area contributed by atoms with Gasteiger partial charge in [0, 0.05) is 0 Å². The Balaban J connectivity index is 4.24. The van der Waals surface area contributed by atoms with E-state index in [1.807, 2.05) is 0 Å². The van der Waals surface area contributed by atoms with E-state index in [9.17, 15) is 24.9 Å². The van der Waals surface area contributed by atoms with Crippen molar-refractivity contribution in [2.75, 3.05) is 13.2 Å². The lowest BCUT2D eigenvalue weighted by Gasteiger charge is -2.25. The van der Waals surface area contributed by atoms with Crippen molar-refractivity contribution in [3.05, 3.63) is 0 Å². The third-order valence-corrected chi connectivity index (χ3v) is 2.36. The molecule has 0 bridgehead atoms. The molecule has 118 valence electrons. The van der Waals surface area contributed by atoms with E-state index in [-0.39, 0.29) is 0 Å². The van der Waals surface area contributed by atoms with Crippen LogP contribution >= 0.6 is 0 Å². The van der Waals surface area contributed by atoms with Gasteiger partial charge in [-0.05, 0) is 0 Å². The van der Waals surface area contributed by atoms with Crippen molar-refractivity contribution in [3.8, 4) is 0 Å². The van der Waals surface area contributed by atoms with Gasteiger partial charge in [-0.2, -0.15) is 0 Å². The van der Waals surface area contributed by atoms with Gasteiger partial charge in [-0.3, -0.25) is 4.79 Å². The van der Waals surface area contributed by atoms with Crippen LogP contribution in [0.5, 0.6) is 0 Å². The van der Waals surface area contributed by atoms with E-state index in [1.165, 1.54) is 0 Å². The summed E-state index contributed by atoms with van der Waals surface area (Å²) >= 11 is 0. The van der Waals surface area contributed by atoms with Crippen molar-refractivity contribution >= 4 is 11.9 Å². The van der Waals surface area contributed by atoms with E-state index >= 15 is 0 Å². The van der Waals surface area contributed by atoms with Gasteiger partial charge in [0.15, 0.2) is 6.10 Å². The Morgan fingerprint density at radius 3 is 1.90 bits per heavy atom. The molecule has 0 rings (SSSR count). The van der Waals surface area contributed by atoms with Crippen molar-refractivity contribution in [2.45, 2.75) is 36.9 Å². The van der Waals surface area contributed by atoms with Gasteiger partial charge in [-0.1, -0.05) is 0 Å². The lowest BCUT2D eigenvalue weighted by molar-refractivity contribution is -0.167. The third kappa shape index (κ3) is 6.23. The van der Waals surface area contributed by atoms with Crippen molar-refractivity contribution in [1.29, 1.82) is 0 Å². The molecule has 20 heavy (non-hydrogen) atoms. The van der Waals surface area contributed by atoms with Crippen molar-refractivity contribution in [3.63, 3.8) is 0 Å². The van der Waals surface area contributed by atoms with Crippen molar-refractivity contribution in [1.82, 2.24) is 0 Å². The number of rotatable bonds is 9. The zero-order chi connectivity index (χ0) is 15.9. The van der Waals surface area contributed by atoms with E-state index in [0.29, 0.717) is 0 Å². The number of carbonyl (C=O) groups excluding carboxylic acids is 1. The molecule has 0 aliphatic heterocycles. The fourth-order valence-electron chi connectivity index (χ4n) is 1.17. The van der Waals surface area contributed by atoms with Crippen LogP contribution in [0.15, 0.2) is 0 Å². The van der Waals surface area contributed by atoms with Gasteiger partial charge >= 0.3 is 11.9 Å². The van der Waals surface area contributed by atoms with Gasteiger partial charge < -0.3 is 40.5 Å². The number of hydrogen-bond donors (Lipinski definition) is 7. The molecule has 0 aliphatic rings. The lowest BCUT2D eigenvalue weighted by Crippen LogP contribution is -2.47. The Labute approximate surface area is 113 Å². The van der Waals surface area contributed by atoms with Crippen LogP contribution in [0.3, 0.4) is 0 Å². The summed E-state index contributed by atoms with van der Waals surface area (Å²) in [6, 6.07) is 0. The zero-order valence-electron chi connectivity index (χ0n) is 10.4. The summed E-state index contributed by atoms with van der Waals surface area (Å²) in [5, 5.41) is 62.9. The van der Waals surface area contributed by atoms with Crippen LogP contribution < -0.4 is 0 Å². The van der Waals surface area contributed by atoms with E-state index < -0.39 is 62.1 Å². The Morgan fingerprint density at radius 1 is 0.950 bits per heavy atom.